The minimum Gasteiger partial charge on any atom is -0.472 e. The summed E-state index contributed by atoms with van der Waals surface area (Å²) in [7, 11) is 0. The van der Waals surface area contributed by atoms with Crippen molar-refractivity contribution >= 4 is 0 Å². The molecule has 1 aromatic heterocycles. The van der Waals surface area contributed by atoms with E-state index in [0.717, 1.165) is 24.6 Å². The van der Waals surface area contributed by atoms with E-state index in [9.17, 15) is 0 Å². The van der Waals surface area contributed by atoms with Crippen molar-refractivity contribution in [3.05, 3.63) is 84.3 Å². The summed E-state index contributed by atoms with van der Waals surface area (Å²) in [6.45, 7) is 2.40. The van der Waals surface area contributed by atoms with E-state index in [1.165, 1.54) is 29.5 Å². The molecule has 1 saturated heterocycles. The van der Waals surface area contributed by atoms with E-state index in [-0.39, 0.29) is 6.61 Å². The standard InChI is InChI=1S/C13H12O.C9H13NO/c14-10-11-6-8-13(9-7-11)12-4-2-1-3-5-12;1-4-10-5-2-8(1)9-3-6-11-7-9/h1-9,14H,10H2;3,6-8,10H,1-2,4-5H2. The van der Waals surface area contributed by atoms with Crippen LogP contribution < -0.4 is 5.32 Å². The third kappa shape index (κ3) is 5.05. The third-order valence-corrected chi connectivity index (χ3v) is 4.60. The molecule has 1 aliphatic rings. The summed E-state index contributed by atoms with van der Waals surface area (Å²) in [5.41, 5.74) is 4.70. The summed E-state index contributed by atoms with van der Waals surface area (Å²) in [5, 5.41) is 12.2. The Labute approximate surface area is 149 Å². The van der Waals surface area contributed by atoms with Gasteiger partial charge in [-0.3, -0.25) is 0 Å². The van der Waals surface area contributed by atoms with Gasteiger partial charge < -0.3 is 14.8 Å². The lowest BCUT2D eigenvalue weighted by Crippen LogP contribution is -2.26. The van der Waals surface area contributed by atoms with Crippen LogP contribution in [0.1, 0.15) is 29.9 Å². The molecule has 3 nitrogen and oxygen atoms in total. The summed E-state index contributed by atoms with van der Waals surface area (Å²) in [6, 6.07) is 20.2. The highest BCUT2D eigenvalue weighted by Gasteiger charge is 2.15. The van der Waals surface area contributed by atoms with Gasteiger partial charge in [0, 0.05) is 0 Å². The summed E-state index contributed by atoms with van der Waals surface area (Å²) >= 11 is 0. The lowest BCUT2D eigenvalue weighted by molar-refractivity contribution is 0.282. The fourth-order valence-electron chi connectivity index (χ4n) is 3.10. The topological polar surface area (TPSA) is 45.4 Å². The van der Waals surface area contributed by atoms with E-state index < -0.39 is 0 Å². The van der Waals surface area contributed by atoms with Gasteiger partial charge in [-0.1, -0.05) is 54.6 Å². The highest BCUT2D eigenvalue weighted by Crippen LogP contribution is 2.24. The zero-order valence-corrected chi connectivity index (χ0v) is 14.4. The minimum atomic E-state index is 0.106. The van der Waals surface area contributed by atoms with Crippen LogP contribution >= 0.6 is 0 Å². The van der Waals surface area contributed by atoms with Gasteiger partial charge in [0.1, 0.15) is 0 Å². The predicted octanol–water partition coefficient (Wildman–Crippen LogP) is 4.59. The van der Waals surface area contributed by atoms with Gasteiger partial charge in [-0.25, -0.2) is 0 Å². The van der Waals surface area contributed by atoms with Gasteiger partial charge in [-0.05, 0) is 60.2 Å². The lowest BCUT2D eigenvalue weighted by Gasteiger charge is -2.20. The van der Waals surface area contributed by atoms with Crippen molar-refractivity contribution in [1.82, 2.24) is 5.32 Å². The molecular formula is C22H25NO2. The molecule has 0 saturated carbocycles. The van der Waals surface area contributed by atoms with Crippen molar-refractivity contribution in [2.45, 2.75) is 25.4 Å². The van der Waals surface area contributed by atoms with Crippen LogP contribution in [-0.4, -0.2) is 18.2 Å². The SMILES string of the molecule is OCc1ccc(-c2ccccc2)cc1.c1cc(C2CCNCC2)co1. The average Bonchev–Trinajstić information content (AvgIpc) is 3.25. The Kier molecular flexibility index (Phi) is 6.43. The quantitative estimate of drug-likeness (QED) is 0.736. The first-order valence-corrected chi connectivity index (χ1v) is 8.85. The molecule has 2 aromatic carbocycles. The van der Waals surface area contributed by atoms with Crippen molar-refractivity contribution in [2.75, 3.05) is 13.1 Å². The Morgan fingerprint density at radius 2 is 1.56 bits per heavy atom. The molecule has 0 amide bonds. The van der Waals surface area contributed by atoms with Crippen molar-refractivity contribution in [1.29, 1.82) is 0 Å². The number of piperidine rings is 1. The van der Waals surface area contributed by atoms with E-state index in [0.29, 0.717) is 0 Å². The number of rotatable bonds is 3. The maximum absolute atomic E-state index is 8.90. The van der Waals surface area contributed by atoms with Gasteiger partial charge in [0.05, 0.1) is 19.1 Å². The summed E-state index contributed by atoms with van der Waals surface area (Å²) in [5.74, 6) is 0.731. The van der Waals surface area contributed by atoms with Crippen molar-refractivity contribution in [3.63, 3.8) is 0 Å². The van der Waals surface area contributed by atoms with Crippen LogP contribution in [0, 0.1) is 0 Å². The number of furan rings is 1. The molecule has 4 rings (SSSR count). The number of aliphatic hydroxyl groups excluding tert-OH is 1. The second kappa shape index (κ2) is 9.21. The van der Waals surface area contributed by atoms with Crippen LogP contribution in [-0.2, 0) is 6.61 Å². The van der Waals surface area contributed by atoms with Crippen molar-refractivity contribution < 1.29 is 9.52 Å². The zero-order chi connectivity index (χ0) is 17.3. The number of hydrogen-bond acceptors (Lipinski definition) is 3. The van der Waals surface area contributed by atoms with Crippen LogP contribution in [0.15, 0.2) is 77.6 Å². The second-order valence-electron chi connectivity index (χ2n) is 6.30. The molecule has 3 heteroatoms. The van der Waals surface area contributed by atoms with Crippen molar-refractivity contribution in [3.8, 4) is 11.1 Å². The number of nitrogens with one attached hydrogen (secondary N) is 1. The molecule has 0 unspecified atom stereocenters. The van der Waals surface area contributed by atoms with Gasteiger partial charge in [-0.15, -0.1) is 0 Å². The minimum absolute atomic E-state index is 0.106. The lowest BCUT2D eigenvalue weighted by atomic mass is 9.92. The van der Waals surface area contributed by atoms with Gasteiger partial charge in [-0.2, -0.15) is 0 Å². The predicted molar refractivity (Wildman–Crippen MR) is 101 cm³/mol. The number of benzene rings is 2. The highest BCUT2D eigenvalue weighted by atomic mass is 16.3. The molecule has 0 spiro atoms. The van der Waals surface area contributed by atoms with Crippen LogP contribution in [0.2, 0.25) is 0 Å². The molecule has 25 heavy (non-hydrogen) atoms. The molecule has 2 N–H and O–H groups in total. The first-order valence-electron chi connectivity index (χ1n) is 8.85. The summed E-state index contributed by atoms with van der Waals surface area (Å²) < 4.78 is 5.05. The Morgan fingerprint density at radius 3 is 2.16 bits per heavy atom. The molecule has 0 atom stereocenters. The fourth-order valence-corrected chi connectivity index (χ4v) is 3.10. The summed E-state index contributed by atoms with van der Waals surface area (Å²) in [4.78, 5) is 0. The first-order chi connectivity index (χ1) is 12.4. The van der Waals surface area contributed by atoms with E-state index in [1.54, 1.807) is 6.26 Å². The molecule has 2 heterocycles. The van der Waals surface area contributed by atoms with Crippen molar-refractivity contribution in [2.24, 2.45) is 0 Å². The number of hydrogen-bond donors (Lipinski definition) is 2. The Morgan fingerprint density at radius 1 is 0.880 bits per heavy atom. The Bertz CT molecular complexity index is 714. The van der Waals surface area contributed by atoms with Crippen LogP contribution in [0.5, 0.6) is 0 Å². The molecular weight excluding hydrogens is 310 g/mol. The molecule has 0 radical (unpaired) electrons. The highest BCUT2D eigenvalue weighted by molar-refractivity contribution is 5.63. The van der Waals surface area contributed by atoms with E-state index in [1.807, 2.05) is 48.7 Å². The van der Waals surface area contributed by atoms with Gasteiger partial charge >= 0.3 is 0 Å². The maximum atomic E-state index is 8.90. The first kappa shape index (κ1) is 17.5. The molecule has 1 aliphatic heterocycles. The van der Waals surface area contributed by atoms with E-state index in [4.69, 9.17) is 9.52 Å². The number of aliphatic hydroxyl groups is 1. The zero-order valence-electron chi connectivity index (χ0n) is 14.4. The normalized spacial score (nSPS) is 14.6. The second-order valence-corrected chi connectivity index (χ2v) is 6.30. The smallest absolute Gasteiger partial charge is 0.0937 e. The van der Waals surface area contributed by atoms with Crippen LogP contribution in [0.3, 0.4) is 0 Å². The fraction of sp³-hybridized carbons (Fsp3) is 0.273. The molecule has 1 fully saturated rings. The third-order valence-electron chi connectivity index (χ3n) is 4.60. The van der Waals surface area contributed by atoms with Gasteiger partial charge in [0.15, 0.2) is 0 Å². The van der Waals surface area contributed by atoms with Crippen LogP contribution in [0.4, 0.5) is 0 Å². The Hall–Kier alpha value is -2.36. The van der Waals surface area contributed by atoms with Gasteiger partial charge in [0.25, 0.3) is 0 Å². The maximum Gasteiger partial charge on any atom is 0.0937 e. The van der Waals surface area contributed by atoms with Crippen LogP contribution in [0.25, 0.3) is 11.1 Å². The Balaban J connectivity index is 0.000000150. The summed E-state index contributed by atoms with van der Waals surface area (Å²) in [6.07, 6.45) is 6.13. The average molecular weight is 335 g/mol. The largest absolute Gasteiger partial charge is 0.472 e. The molecule has 130 valence electrons. The van der Waals surface area contributed by atoms with E-state index >= 15 is 0 Å². The molecule has 3 aromatic rings. The molecule has 0 aliphatic carbocycles. The monoisotopic (exact) mass is 335 g/mol. The van der Waals surface area contributed by atoms with E-state index in [2.05, 4.69) is 23.5 Å². The van der Waals surface area contributed by atoms with Gasteiger partial charge in [0.2, 0.25) is 0 Å². The molecule has 0 bridgehead atoms.